The largest absolute Gasteiger partial charge is 0.366 e. The zero-order chi connectivity index (χ0) is 12.1. The minimum Gasteiger partial charge on any atom is -0.366 e. The number of anilines is 1. The normalized spacial score (nSPS) is 34.3. The molecule has 0 aliphatic heterocycles. The lowest BCUT2D eigenvalue weighted by Gasteiger charge is -2.43. The molecule has 2 N–H and O–H groups in total. The Hall–Kier alpha value is -1.58. The van der Waals surface area contributed by atoms with Crippen LogP contribution in [0.2, 0.25) is 0 Å². The molecule has 18 heavy (non-hydrogen) atoms. The molecule has 2 aliphatic rings. The number of hydrogen-bond acceptors (Lipinski definition) is 3. The van der Waals surface area contributed by atoms with Gasteiger partial charge in [0.1, 0.15) is 17.8 Å². The van der Waals surface area contributed by atoms with Gasteiger partial charge in [-0.3, -0.25) is 0 Å². The number of fused-ring (bicyclic) bond motifs is 2. The third-order valence-corrected chi connectivity index (χ3v) is 4.96. The van der Waals surface area contributed by atoms with E-state index in [2.05, 4.69) is 27.2 Å². The smallest absolute Gasteiger partial charge is 0.142 e. The predicted molar refractivity (Wildman–Crippen MR) is 71.3 cm³/mol. The second-order valence-electron chi connectivity index (χ2n) is 5.83. The van der Waals surface area contributed by atoms with Crippen molar-refractivity contribution in [3.8, 4) is 0 Å². The molecule has 2 heterocycles. The van der Waals surface area contributed by atoms with Crippen LogP contribution in [0.4, 0.5) is 5.82 Å². The Morgan fingerprint density at radius 3 is 3.11 bits per heavy atom. The van der Waals surface area contributed by atoms with Crippen LogP contribution >= 0.6 is 0 Å². The van der Waals surface area contributed by atoms with Crippen molar-refractivity contribution in [2.24, 2.45) is 17.8 Å². The van der Waals surface area contributed by atoms with Crippen molar-refractivity contribution in [2.75, 3.05) is 5.32 Å². The van der Waals surface area contributed by atoms with Crippen molar-refractivity contribution < 1.29 is 0 Å². The quantitative estimate of drug-likeness (QED) is 0.851. The standard InChI is InChI=1S/C14H18N4/c1-8-2-3-9-11(8)6-12(9)18-14-10-4-5-15-13(10)16-7-17-14/h4-5,7-9,11-12H,2-3,6H2,1H3,(H2,15,16,17,18)/t8-,9-,11?,12-/m1/s1. The summed E-state index contributed by atoms with van der Waals surface area (Å²) in [5.74, 6) is 3.73. The summed E-state index contributed by atoms with van der Waals surface area (Å²) in [6.45, 7) is 2.40. The molecule has 2 saturated carbocycles. The van der Waals surface area contributed by atoms with E-state index in [0.717, 1.165) is 34.6 Å². The summed E-state index contributed by atoms with van der Waals surface area (Å²) < 4.78 is 0. The van der Waals surface area contributed by atoms with Gasteiger partial charge in [0.25, 0.3) is 0 Å². The topological polar surface area (TPSA) is 53.6 Å². The molecular formula is C14H18N4. The Balaban J connectivity index is 1.57. The van der Waals surface area contributed by atoms with E-state index in [1.807, 2.05) is 12.3 Å². The molecule has 1 unspecified atom stereocenters. The molecule has 4 atom stereocenters. The molecular weight excluding hydrogens is 224 g/mol. The fourth-order valence-electron chi connectivity index (χ4n) is 3.81. The van der Waals surface area contributed by atoms with Crippen LogP contribution in [-0.2, 0) is 0 Å². The minimum atomic E-state index is 0.618. The summed E-state index contributed by atoms with van der Waals surface area (Å²) in [6, 6.07) is 2.67. The molecule has 94 valence electrons. The molecule has 0 aromatic carbocycles. The summed E-state index contributed by atoms with van der Waals surface area (Å²) in [5.41, 5.74) is 0.920. The fourth-order valence-corrected chi connectivity index (χ4v) is 3.81. The van der Waals surface area contributed by atoms with Crippen LogP contribution in [0.5, 0.6) is 0 Å². The lowest BCUT2D eigenvalue weighted by molar-refractivity contribution is 0.154. The van der Waals surface area contributed by atoms with Gasteiger partial charge < -0.3 is 10.3 Å². The van der Waals surface area contributed by atoms with Gasteiger partial charge in [-0.25, -0.2) is 9.97 Å². The van der Waals surface area contributed by atoms with Crippen molar-refractivity contribution in [2.45, 2.75) is 32.2 Å². The maximum atomic E-state index is 4.39. The number of rotatable bonds is 2. The van der Waals surface area contributed by atoms with Crippen LogP contribution in [0.15, 0.2) is 18.6 Å². The van der Waals surface area contributed by atoms with Gasteiger partial charge in [-0.05, 0) is 36.7 Å². The molecule has 0 radical (unpaired) electrons. The van der Waals surface area contributed by atoms with Crippen LogP contribution in [0, 0.1) is 17.8 Å². The van der Waals surface area contributed by atoms with Crippen LogP contribution in [0.1, 0.15) is 26.2 Å². The van der Waals surface area contributed by atoms with Gasteiger partial charge in [-0.2, -0.15) is 0 Å². The fraction of sp³-hybridized carbons (Fsp3) is 0.571. The number of nitrogens with one attached hydrogen (secondary N) is 2. The molecule has 0 spiro atoms. The van der Waals surface area contributed by atoms with E-state index >= 15 is 0 Å². The summed E-state index contributed by atoms with van der Waals surface area (Å²) in [4.78, 5) is 11.7. The molecule has 2 aromatic heterocycles. The number of aromatic nitrogens is 3. The molecule has 4 rings (SSSR count). The number of hydrogen-bond donors (Lipinski definition) is 2. The lowest BCUT2D eigenvalue weighted by atomic mass is 9.69. The molecule has 2 aromatic rings. The Kier molecular flexibility index (Phi) is 2.13. The maximum absolute atomic E-state index is 4.39. The van der Waals surface area contributed by atoms with Gasteiger partial charge in [0, 0.05) is 12.2 Å². The first kappa shape index (κ1) is 10.4. The number of nitrogens with zero attached hydrogens (tertiary/aromatic N) is 2. The summed E-state index contributed by atoms with van der Waals surface area (Å²) in [7, 11) is 0. The van der Waals surface area contributed by atoms with Gasteiger partial charge in [0.05, 0.1) is 5.39 Å². The van der Waals surface area contributed by atoms with Gasteiger partial charge in [0.2, 0.25) is 0 Å². The first-order valence-electron chi connectivity index (χ1n) is 6.87. The van der Waals surface area contributed by atoms with E-state index in [4.69, 9.17) is 0 Å². The van der Waals surface area contributed by atoms with Crippen LogP contribution in [0.25, 0.3) is 11.0 Å². The second-order valence-corrected chi connectivity index (χ2v) is 5.83. The Bertz CT molecular complexity index is 576. The first-order chi connectivity index (χ1) is 8.83. The van der Waals surface area contributed by atoms with Crippen LogP contribution < -0.4 is 5.32 Å². The SMILES string of the molecule is C[C@@H]1CC[C@@H]2C1C[C@H]2Nc1ncnc2[nH]ccc12. The third-order valence-electron chi connectivity index (χ3n) is 4.96. The second kappa shape index (κ2) is 3.70. The highest BCUT2D eigenvalue weighted by Gasteiger charge is 2.47. The van der Waals surface area contributed by atoms with Crippen molar-refractivity contribution in [3.63, 3.8) is 0 Å². The Morgan fingerprint density at radius 2 is 2.22 bits per heavy atom. The molecule has 2 aliphatic carbocycles. The van der Waals surface area contributed by atoms with Crippen molar-refractivity contribution in [3.05, 3.63) is 18.6 Å². The van der Waals surface area contributed by atoms with Gasteiger partial charge >= 0.3 is 0 Å². The molecule has 2 fully saturated rings. The monoisotopic (exact) mass is 242 g/mol. The van der Waals surface area contributed by atoms with Crippen molar-refractivity contribution in [1.82, 2.24) is 15.0 Å². The van der Waals surface area contributed by atoms with E-state index < -0.39 is 0 Å². The molecule has 4 heteroatoms. The summed E-state index contributed by atoms with van der Waals surface area (Å²) >= 11 is 0. The zero-order valence-electron chi connectivity index (χ0n) is 10.6. The lowest BCUT2D eigenvalue weighted by Crippen LogP contribution is -2.45. The first-order valence-corrected chi connectivity index (χ1v) is 6.87. The van der Waals surface area contributed by atoms with Gasteiger partial charge in [0.15, 0.2) is 0 Å². The van der Waals surface area contributed by atoms with Crippen molar-refractivity contribution >= 4 is 16.9 Å². The minimum absolute atomic E-state index is 0.618. The highest BCUT2D eigenvalue weighted by molar-refractivity contribution is 5.86. The highest BCUT2D eigenvalue weighted by atomic mass is 15.1. The van der Waals surface area contributed by atoms with Gasteiger partial charge in [-0.15, -0.1) is 0 Å². The van der Waals surface area contributed by atoms with Crippen LogP contribution in [-0.4, -0.2) is 21.0 Å². The average molecular weight is 242 g/mol. The summed E-state index contributed by atoms with van der Waals surface area (Å²) in [6.07, 6.45) is 7.64. The van der Waals surface area contributed by atoms with E-state index in [9.17, 15) is 0 Å². The van der Waals surface area contributed by atoms with E-state index in [-0.39, 0.29) is 0 Å². The van der Waals surface area contributed by atoms with Crippen LogP contribution in [0.3, 0.4) is 0 Å². The Morgan fingerprint density at radius 1 is 1.28 bits per heavy atom. The average Bonchev–Trinajstić information content (AvgIpc) is 2.91. The predicted octanol–water partition coefficient (Wildman–Crippen LogP) is 2.80. The van der Waals surface area contributed by atoms with E-state index in [0.29, 0.717) is 6.04 Å². The molecule has 4 nitrogen and oxygen atoms in total. The van der Waals surface area contributed by atoms with E-state index in [1.54, 1.807) is 6.33 Å². The maximum Gasteiger partial charge on any atom is 0.142 e. The van der Waals surface area contributed by atoms with E-state index in [1.165, 1.54) is 19.3 Å². The summed E-state index contributed by atoms with van der Waals surface area (Å²) in [5, 5.41) is 4.73. The molecule has 0 saturated heterocycles. The third kappa shape index (κ3) is 1.38. The van der Waals surface area contributed by atoms with Crippen molar-refractivity contribution in [1.29, 1.82) is 0 Å². The molecule has 0 bridgehead atoms. The number of H-pyrrole nitrogens is 1. The zero-order valence-corrected chi connectivity index (χ0v) is 10.6. The number of aromatic amines is 1. The van der Waals surface area contributed by atoms with Gasteiger partial charge in [-0.1, -0.05) is 13.3 Å². The molecule has 0 amide bonds. The Labute approximate surface area is 106 Å². The highest BCUT2D eigenvalue weighted by Crippen LogP contribution is 2.51.